The predicted octanol–water partition coefficient (Wildman–Crippen LogP) is 3.08. The second kappa shape index (κ2) is 12.9. The van der Waals surface area contributed by atoms with Crippen molar-refractivity contribution in [2.45, 2.75) is 19.9 Å². The molecule has 4 rings (SSSR count). The van der Waals surface area contributed by atoms with Gasteiger partial charge in [0.05, 0.1) is 13.7 Å². The summed E-state index contributed by atoms with van der Waals surface area (Å²) >= 11 is 0. The maximum absolute atomic E-state index is 14.3. The number of methoxy groups -OCH3 is 1. The molecule has 13 heteroatoms. The number of carbonyl (C=O) groups is 1. The Kier molecular flexibility index (Phi) is 9.35. The molecule has 0 amide bonds. The van der Waals surface area contributed by atoms with Gasteiger partial charge in [0.1, 0.15) is 11.9 Å². The lowest BCUT2D eigenvalue weighted by Crippen LogP contribution is -2.18. The highest BCUT2D eigenvalue weighted by molar-refractivity contribution is 5.95. The van der Waals surface area contributed by atoms with Crippen LogP contribution in [-0.2, 0) is 4.79 Å². The van der Waals surface area contributed by atoms with Crippen LogP contribution in [0, 0.1) is 11.2 Å². The summed E-state index contributed by atoms with van der Waals surface area (Å²) in [7, 11) is 1.55. The first-order chi connectivity index (χ1) is 18.6. The lowest BCUT2D eigenvalue weighted by Gasteiger charge is -2.20. The van der Waals surface area contributed by atoms with E-state index in [1.807, 2.05) is 13.0 Å². The van der Waals surface area contributed by atoms with Gasteiger partial charge in [-0.15, -0.1) is 5.10 Å². The van der Waals surface area contributed by atoms with E-state index >= 15 is 0 Å². The SMILES string of the molecule is CC(=O)O.CCOc1cc([C@H](Nc2ccc(C(=N)N)cc2)c2nn(-c3ncccc3F)c(=O)[nH]2)ccc1OC. The van der Waals surface area contributed by atoms with Crippen molar-refractivity contribution in [1.29, 1.82) is 5.41 Å². The van der Waals surface area contributed by atoms with Crippen molar-refractivity contribution in [3.05, 3.63) is 94.0 Å². The number of carboxylic acid groups (broad SMARTS) is 1. The van der Waals surface area contributed by atoms with Gasteiger partial charge in [0.25, 0.3) is 5.97 Å². The van der Waals surface area contributed by atoms with Crippen LogP contribution in [0.5, 0.6) is 11.5 Å². The zero-order valence-electron chi connectivity index (χ0n) is 21.4. The number of aromatic amines is 1. The highest BCUT2D eigenvalue weighted by atomic mass is 19.1. The van der Waals surface area contributed by atoms with Crippen LogP contribution in [0.15, 0.2) is 65.6 Å². The van der Waals surface area contributed by atoms with Gasteiger partial charge in [-0.2, -0.15) is 4.68 Å². The third-order valence-electron chi connectivity index (χ3n) is 5.18. The fourth-order valence-electron chi connectivity index (χ4n) is 3.51. The van der Waals surface area contributed by atoms with Gasteiger partial charge in [0.2, 0.25) is 0 Å². The van der Waals surface area contributed by atoms with E-state index in [9.17, 15) is 9.18 Å². The van der Waals surface area contributed by atoms with Crippen LogP contribution < -0.4 is 26.2 Å². The highest BCUT2D eigenvalue weighted by Gasteiger charge is 2.23. The van der Waals surface area contributed by atoms with Gasteiger partial charge in [-0.1, -0.05) is 6.07 Å². The van der Waals surface area contributed by atoms with Crippen LogP contribution in [0.25, 0.3) is 5.82 Å². The van der Waals surface area contributed by atoms with Gasteiger partial charge in [0, 0.05) is 24.4 Å². The number of nitrogens with zero attached hydrogens (tertiary/aromatic N) is 3. The number of carboxylic acids is 1. The van der Waals surface area contributed by atoms with Gasteiger partial charge in [0.15, 0.2) is 29.0 Å². The molecule has 0 spiro atoms. The van der Waals surface area contributed by atoms with Gasteiger partial charge < -0.3 is 25.6 Å². The predicted molar refractivity (Wildman–Crippen MR) is 142 cm³/mol. The second-order valence-electron chi connectivity index (χ2n) is 7.97. The molecule has 0 saturated carbocycles. The van der Waals surface area contributed by atoms with Crippen molar-refractivity contribution < 1.29 is 23.8 Å². The third-order valence-corrected chi connectivity index (χ3v) is 5.18. The highest BCUT2D eigenvalue weighted by Crippen LogP contribution is 2.33. The lowest BCUT2D eigenvalue weighted by atomic mass is 10.0. The first-order valence-electron chi connectivity index (χ1n) is 11.7. The van der Waals surface area contributed by atoms with Crippen LogP contribution in [0.1, 0.15) is 36.8 Å². The number of rotatable bonds is 9. The van der Waals surface area contributed by atoms with E-state index in [0.29, 0.717) is 34.9 Å². The molecule has 1 atom stereocenters. The summed E-state index contributed by atoms with van der Waals surface area (Å²) in [5.74, 6) is -0.485. The number of benzene rings is 2. The van der Waals surface area contributed by atoms with Gasteiger partial charge in [-0.3, -0.25) is 15.2 Å². The van der Waals surface area contributed by atoms with E-state index in [-0.39, 0.29) is 17.5 Å². The number of hydrogen-bond donors (Lipinski definition) is 5. The van der Waals surface area contributed by atoms with Crippen LogP contribution in [0.4, 0.5) is 10.1 Å². The van der Waals surface area contributed by atoms with E-state index < -0.39 is 23.5 Å². The quantitative estimate of drug-likeness (QED) is 0.158. The average molecular weight is 538 g/mol. The number of ether oxygens (including phenoxy) is 2. The van der Waals surface area contributed by atoms with Crippen LogP contribution >= 0.6 is 0 Å². The zero-order valence-corrected chi connectivity index (χ0v) is 21.4. The Morgan fingerprint density at radius 2 is 1.92 bits per heavy atom. The molecule has 0 saturated heterocycles. The Morgan fingerprint density at radius 3 is 2.51 bits per heavy atom. The molecule has 2 aromatic carbocycles. The number of hydrogen-bond acceptors (Lipinski definition) is 8. The number of aliphatic carboxylic acids is 1. The summed E-state index contributed by atoms with van der Waals surface area (Å²) in [6, 6.07) is 14.2. The number of halogens is 1. The van der Waals surface area contributed by atoms with E-state index in [4.69, 9.17) is 30.5 Å². The maximum atomic E-state index is 14.3. The standard InChI is InChI=1S/C24H24FN7O3.C2H4O2/c1-3-35-19-13-15(8-11-18(19)34-2)20(29-16-9-6-14(7-10-16)21(26)27)22-30-24(33)32(31-22)23-17(25)5-4-12-28-23;1-2(3)4/h4-13,20,29H,3H2,1-2H3,(H3,26,27)(H,30,31,33);1H3,(H,3,4)/t20-;/m0./s1. The Labute approximate surface area is 222 Å². The summed E-state index contributed by atoms with van der Waals surface area (Å²) < 4.78 is 26.3. The average Bonchev–Trinajstić information content (AvgIpc) is 3.28. The molecule has 4 aromatic rings. The third kappa shape index (κ3) is 7.19. The molecule has 204 valence electrons. The van der Waals surface area contributed by atoms with Crippen LogP contribution in [-0.4, -0.2) is 50.4 Å². The van der Waals surface area contributed by atoms with Crippen molar-refractivity contribution in [1.82, 2.24) is 19.7 Å². The number of nitrogens with one attached hydrogen (secondary N) is 3. The molecule has 0 bridgehead atoms. The van der Waals surface area contributed by atoms with Crippen molar-refractivity contribution in [2.75, 3.05) is 19.0 Å². The number of aromatic nitrogens is 4. The minimum absolute atomic E-state index is 0.0509. The second-order valence-corrected chi connectivity index (χ2v) is 7.97. The number of anilines is 1. The lowest BCUT2D eigenvalue weighted by molar-refractivity contribution is -0.134. The minimum Gasteiger partial charge on any atom is -0.493 e. The first kappa shape index (κ1) is 28.4. The molecule has 0 unspecified atom stereocenters. The fourth-order valence-corrected chi connectivity index (χ4v) is 3.51. The van der Waals surface area contributed by atoms with Gasteiger partial charge >= 0.3 is 5.69 Å². The molecule has 0 aliphatic heterocycles. The van der Waals surface area contributed by atoms with Crippen LogP contribution in [0.3, 0.4) is 0 Å². The Hall–Kier alpha value is -5.20. The number of nitrogen functional groups attached to an aromatic ring is 1. The van der Waals surface area contributed by atoms with E-state index in [2.05, 4.69) is 20.4 Å². The van der Waals surface area contributed by atoms with Crippen molar-refractivity contribution >= 4 is 17.5 Å². The number of amidine groups is 1. The van der Waals surface area contributed by atoms with Crippen LogP contribution in [0.2, 0.25) is 0 Å². The van der Waals surface area contributed by atoms with Crippen molar-refractivity contribution in [3.63, 3.8) is 0 Å². The first-order valence-corrected chi connectivity index (χ1v) is 11.7. The minimum atomic E-state index is -0.833. The van der Waals surface area contributed by atoms with E-state index in [1.54, 1.807) is 43.5 Å². The summed E-state index contributed by atoms with van der Waals surface area (Å²) in [5, 5.41) is 22.7. The van der Waals surface area contributed by atoms with Gasteiger partial charge in [-0.05, 0) is 61.0 Å². The maximum Gasteiger partial charge on any atom is 0.349 e. The molecule has 2 aromatic heterocycles. The van der Waals surface area contributed by atoms with Crippen molar-refractivity contribution in [2.24, 2.45) is 5.73 Å². The van der Waals surface area contributed by atoms with E-state index in [0.717, 1.165) is 11.6 Å². The topological polar surface area (TPSA) is 181 Å². The Balaban J connectivity index is 0.000000983. The molecule has 6 N–H and O–H groups in total. The summed E-state index contributed by atoms with van der Waals surface area (Å²) in [5.41, 5.74) is 6.85. The monoisotopic (exact) mass is 537 g/mol. The normalized spacial score (nSPS) is 11.1. The smallest absolute Gasteiger partial charge is 0.349 e. The van der Waals surface area contributed by atoms with Gasteiger partial charge in [-0.25, -0.2) is 14.2 Å². The number of pyridine rings is 1. The summed E-state index contributed by atoms with van der Waals surface area (Å²) in [6.45, 7) is 3.37. The molecule has 39 heavy (non-hydrogen) atoms. The largest absolute Gasteiger partial charge is 0.493 e. The number of H-pyrrole nitrogens is 1. The molecule has 0 fully saturated rings. The molecular weight excluding hydrogens is 509 g/mol. The van der Waals surface area contributed by atoms with Crippen molar-refractivity contribution in [3.8, 4) is 17.3 Å². The summed E-state index contributed by atoms with van der Waals surface area (Å²) in [4.78, 5) is 28.3. The molecular formula is C26H28FN7O5. The molecule has 12 nitrogen and oxygen atoms in total. The Morgan fingerprint density at radius 1 is 1.23 bits per heavy atom. The summed E-state index contributed by atoms with van der Waals surface area (Å²) in [6.07, 6.45) is 1.38. The molecule has 0 radical (unpaired) electrons. The molecule has 0 aliphatic carbocycles. The Bertz CT molecular complexity index is 1500. The van der Waals surface area contributed by atoms with E-state index in [1.165, 1.54) is 18.3 Å². The molecule has 0 aliphatic rings. The number of nitrogens with two attached hydrogens (primary N) is 1. The fraction of sp³-hybridized carbons (Fsp3) is 0.192. The zero-order chi connectivity index (χ0) is 28.5. The molecule has 2 heterocycles.